The number of alkyl halides is 1. The van der Waals surface area contributed by atoms with Crippen LogP contribution in [0.5, 0.6) is 0 Å². The molecule has 2 rings (SSSR count). The summed E-state index contributed by atoms with van der Waals surface area (Å²) in [5, 5.41) is 16.3. The second-order valence-corrected chi connectivity index (χ2v) is 4.78. The lowest BCUT2D eigenvalue weighted by atomic mass is 10.1. The fraction of sp³-hybridized carbons (Fsp3) is 0.556. The van der Waals surface area contributed by atoms with Gasteiger partial charge in [-0.05, 0) is 36.4 Å². The summed E-state index contributed by atoms with van der Waals surface area (Å²) < 4.78 is 1.43. The van der Waals surface area contributed by atoms with Crippen LogP contribution in [0.1, 0.15) is 13.8 Å². The topological polar surface area (TPSA) is 59.2 Å². The summed E-state index contributed by atoms with van der Waals surface area (Å²) in [4.78, 5) is 2.09. The number of rotatable bonds is 3. The molecule has 0 aromatic carbocycles. The molecule has 0 saturated heterocycles. The van der Waals surface area contributed by atoms with Gasteiger partial charge in [-0.15, -0.1) is 14.8 Å². The van der Waals surface area contributed by atoms with Crippen molar-refractivity contribution in [2.24, 2.45) is 0 Å². The Morgan fingerprint density at radius 1 is 1.44 bits per heavy atom. The first-order valence-electron chi connectivity index (χ1n) is 4.90. The highest BCUT2D eigenvalue weighted by molar-refractivity contribution is 9.09. The molecule has 2 heterocycles. The average molecular weight is 285 g/mol. The van der Waals surface area contributed by atoms with Gasteiger partial charge < -0.3 is 4.90 Å². The zero-order chi connectivity index (χ0) is 11.8. The molecule has 0 amide bonds. The molecular weight excluding hydrogens is 272 g/mol. The van der Waals surface area contributed by atoms with Crippen molar-refractivity contribution in [3.63, 3.8) is 0 Å². The largest absolute Gasteiger partial charge is 0.352 e. The third kappa shape index (κ3) is 1.87. The van der Waals surface area contributed by atoms with Crippen molar-refractivity contribution < 1.29 is 0 Å². The fourth-order valence-corrected chi connectivity index (χ4v) is 1.59. The zero-order valence-corrected chi connectivity index (χ0v) is 11.0. The summed E-state index contributed by atoms with van der Waals surface area (Å²) in [6, 6.07) is 3.76. The monoisotopic (exact) mass is 284 g/mol. The lowest BCUT2D eigenvalue weighted by molar-refractivity contribution is 0.540. The standard InChI is InChI=1S/C9H13BrN6/c1-9(2,6-10)15(3)8-5-4-7-11-13-14-16(7)12-8/h4-5H,6H2,1-3H3. The van der Waals surface area contributed by atoms with Gasteiger partial charge in [-0.25, -0.2) is 0 Å². The SMILES string of the molecule is CN(c1ccc2nnnn2n1)C(C)(C)CBr. The van der Waals surface area contributed by atoms with Crippen LogP contribution in [0.4, 0.5) is 5.82 Å². The predicted molar refractivity (Wildman–Crippen MR) is 64.9 cm³/mol. The highest BCUT2D eigenvalue weighted by atomic mass is 79.9. The Labute approximate surface area is 102 Å². The minimum absolute atomic E-state index is 0.0192. The fourth-order valence-electron chi connectivity index (χ4n) is 1.22. The van der Waals surface area contributed by atoms with Gasteiger partial charge in [0.1, 0.15) is 0 Å². The van der Waals surface area contributed by atoms with Gasteiger partial charge in [-0.3, -0.25) is 0 Å². The van der Waals surface area contributed by atoms with Gasteiger partial charge in [0, 0.05) is 17.9 Å². The number of hydrogen-bond donors (Lipinski definition) is 0. The molecule has 7 heteroatoms. The van der Waals surface area contributed by atoms with Gasteiger partial charge in [0.05, 0.1) is 0 Å². The molecule has 6 nitrogen and oxygen atoms in total. The van der Waals surface area contributed by atoms with E-state index in [-0.39, 0.29) is 5.54 Å². The first kappa shape index (κ1) is 11.3. The van der Waals surface area contributed by atoms with Crippen molar-refractivity contribution >= 4 is 27.4 Å². The highest BCUT2D eigenvalue weighted by Crippen LogP contribution is 2.21. The Hall–Kier alpha value is -1.24. The third-order valence-corrected chi connectivity index (χ3v) is 4.01. The van der Waals surface area contributed by atoms with E-state index in [4.69, 9.17) is 0 Å². The van der Waals surface area contributed by atoms with Crippen LogP contribution in [0.3, 0.4) is 0 Å². The maximum Gasteiger partial charge on any atom is 0.200 e. The molecule has 0 aliphatic heterocycles. The third-order valence-electron chi connectivity index (χ3n) is 2.63. The number of anilines is 1. The Bertz CT molecular complexity index is 493. The average Bonchev–Trinajstić information content (AvgIpc) is 2.74. The van der Waals surface area contributed by atoms with Gasteiger partial charge in [-0.2, -0.15) is 0 Å². The van der Waals surface area contributed by atoms with Crippen LogP contribution < -0.4 is 4.90 Å². The van der Waals surface area contributed by atoms with Crippen LogP contribution in [0, 0.1) is 0 Å². The molecule has 86 valence electrons. The number of aromatic nitrogens is 5. The molecule has 0 saturated carbocycles. The van der Waals surface area contributed by atoms with Crippen LogP contribution in [0.2, 0.25) is 0 Å². The zero-order valence-electron chi connectivity index (χ0n) is 9.42. The van der Waals surface area contributed by atoms with E-state index in [2.05, 4.69) is 55.3 Å². The van der Waals surface area contributed by atoms with Gasteiger partial charge in [-0.1, -0.05) is 15.9 Å². The lowest BCUT2D eigenvalue weighted by Gasteiger charge is -2.34. The number of nitrogens with zero attached hydrogens (tertiary/aromatic N) is 6. The summed E-state index contributed by atoms with van der Waals surface area (Å²) in [6.07, 6.45) is 0. The van der Waals surface area contributed by atoms with Crippen molar-refractivity contribution in [3.05, 3.63) is 12.1 Å². The Balaban J connectivity index is 2.39. The molecule has 0 bridgehead atoms. The number of tetrazole rings is 1. The normalized spacial score (nSPS) is 12.0. The minimum atomic E-state index is -0.0192. The van der Waals surface area contributed by atoms with Crippen LogP contribution in [-0.2, 0) is 0 Å². The number of halogens is 1. The number of hydrogen-bond acceptors (Lipinski definition) is 5. The van der Waals surface area contributed by atoms with Crippen molar-refractivity contribution in [3.8, 4) is 0 Å². The molecule has 2 aromatic heterocycles. The summed E-state index contributed by atoms with van der Waals surface area (Å²) in [5.41, 5.74) is 0.628. The van der Waals surface area contributed by atoms with Crippen LogP contribution in [-0.4, -0.2) is 43.2 Å². The van der Waals surface area contributed by atoms with Crippen molar-refractivity contribution in [2.75, 3.05) is 17.3 Å². The molecule has 0 spiro atoms. The quantitative estimate of drug-likeness (QED) is 0.791. The Kier molecular flexibility index (Phi) is 2.79. The van der Waals surface area contributed by atoms with E-state index in [1.165, 1.54) is 4.63 Å². The lowest BCUT2D eigenvalue weighted by Crippen LogP contribution is -2.43. The molecule has 0 unspecified atom stereocenters. The highest BCUT2D eigenvalue weighted by Gasteiger charge is 2.23. The molecule has 16 heavy (non-hydrogen) atoms. The summed E-state index contributed by atoms with van der Waals surface area (Å²) in [5.74, 6) is 0.837. The first-order chi connectivity index (χ1) is 7.54. The predicted octanol–water partition coefficient (Wildman–Crippen LogP) is 1.13. The molecule has 0 N–H and O–H groups in total. The minimum Gasteiger partial charge on any atom is -0.352 e. The van der Waals surface area contributed by atoms with Gasteiger partial charge in [0.25, 0.3) is 0 Å². The van der Waals surface area contributed by atoms with Crippen LogP contribution in [0.25, 0.3) is 5.65 Å². The van der Waals surface area contributed by atoms with E-state index in [0.29, 0.717) is 5.65 Å². The van der Waals surface area contributed by atoms with Crippen LogP contribution >= 0.6 is 15.9 Å². The van der Waals surface area contributed by atoms with Gasteiger partial charge in [0.15, 0.2) is 11.5 Å². The number of fused-ring (bicyclic) bond motifs is 1. The summed E-state index contributed by atoms with van der Waals surface area (Å²) in [6.45, 7) is 4.26. The smallest absolute Gasteiger partial charge is 0.200 e. The summed E-state index contributed by atoms with van der Waals surface area (Å²) in [7, 11) is 2.00. The van der Waals surface area contributed by atoms with E-state index < -0.39 is 0 Å². The van der Waals surface area contributed by atoms with Crippen molar-refractivity contribution in [1.29, 1.82) is 0 Å². The maximum absolute atomic E-state index is 4.34. The first-order valence-corrected chi connectivity index (χ1v) is 6.02. The molecule has 0 aliphatic carbocycles. The van der Waals surface area contributed by atoms with Gasteiger partial charge >= 0.3 is 0 Å². The second-order valence-electron chi connectivity index (χ2n) is 4.22. The van der Waals surface area contributed by atoms with E-state index in [1.54, 1.807) is 0 Å². The molecule has 2 aromatic rings. The molecular formula is C9H13BrN6. The van der Waals surface area contributed by atoms with Crippen molar-refractivity contribution in [2.45, 2.75) is 19.4 Å². The molecule has 0 atom stereocenters. The van der Waals surface area contributed by atoms with Crippen LogP contribution in [0.15, 0.2) is 12.1 Å². The maximum atomic E-state index is 4.34. The molecule has 0 fully saturated rings. The molecule has 0 radical (unpaired) electrons. The van der Waals surface area contributed by atoms with E-state index in [9.17, 15) is 0 Å². The Morgan fingerprint density at radius 2 is 2.19 bits per heavy atom. The van der Waals surface area contributed by atoms with E-state index in [1.807, 2.05) is 19.2 Å². The second kappa shape index (κ2) is 3.97. The van der Waals surface area contributed by atoms with Crippen molar-refractivity contribution in [1.82, 2.24) is 25.3 Å². The molecule has 0 aliphatic rings. The summed E-state index contributed by atoms with van der Waals surface area (Å²) >= 11 is 3.49. The Morgan fingerprint density at radius 3 is 2.88 bits per heavy atom. The van der Waals surface area contributed by atoms with E-state index in [0.717, 1.165) is 11.1 Å². The van der Waals surface area contributed by atoms with Gasteiger partial charge in [0.2, 0.25) is 0 Å². The van der Waals surface area contributed by atoms with E-state index >= 15 is 0 Å².